The fourth-order valence-corrected chi connectivity index (χ4v) is 4.17. The minimum absolute atomic E-state index is 0.0581. The lowest BCUT2D eigenvalue weighted by atomic mass is 9.52. The van der Waals surface area contributed by atoms with E-state index < -0.39 is 5.30 Å². The van der Waals surface area contributed by atoms with Gasteiger partial charge in [-0.1, -0.05) is 0 Å². The number of rotatable bonds is 6. The van der Waals surface area contributed by atoms with Crippen molar-refractivity contribution in [1.29, 1.82) is 0 Å². The first-order valence-corrected chi connectivity index (χ1v) is 10.4. The van der Waals surface area contributed by atoms with Crippen molar-refractivity contribution in [1.82, 2.24) is 29.5 Å². The third kappa shape index (κ3) is 4.19. The van der Waals surface area contributed by atoms with Crippen molar-refractivity contribution < 1.29 is 9.47 Å². The lowest BCUT2D eigenvalue weighted by molar-refractivity contribution is 0.0202. The molecule has 4 aromatic heterocycles. The molecule has 6 radical (unpaired) electrons. The van der Waals surface area contributed by atoms with Crippen LogP contribution >= 0.6 is 0 Å². The molecule has 0 aliphatic heterocycles. The Balaban J connectivity index is 1.37. The third-order valence-electron chi connectivity index (χ3n) is 5.60. The van der Waals surface area contributed by atoms with Gasteiger partial charge >= 0.3 is 0 Å². The molecular weight excluding hydrogens is 403 g/mol. The van der Waals surface area contributed by atoms with Crippen molar-refractivity contribution in [3.63, 3.8) is 0 Å². The summed E-state index contributed by atoms with van der Waals surface area (Å²) in [6, 6.07) is 4.02. The Hall–Kier alpha value is -3.01. The molecule has 0 amide bonds. The van der Waals surface area contributed by atoms with E-state index in [4.69, 9.17) is 33.0 Å². The maximum Gasteiger partial charge on any atom is 0.228 e. The topological polar surface area (TPSA) is 102 Å². The molecule has 9 nitrogen and oxygen atoms in total. The van der Waals surface area contributed by atoms with Crippen LogP contribution in [0.2, 0.25) is 0 Å². The van der Waals surface area contributed by atoms with E-state index in [1.165, 1.54) is 0 Å². The normalized spacial score (nSPS) is 19.4. The number of nitrogens with one attached hydrogen (secondary N) is 2. The van der Waals surface area contributed by atoms with Crippen LogP contribution in [0, 0.1) is 0 Å². The summed E-state index contributed by atoms with van der Waals surface area (Å²) in [4.78, 5) is 16.7. The fourth-order valence-electron chi connectivity index (χ4n) is 4.17. The van der Waals surface area contributed by atoms with Crippen molar-refractivity contribution in [2.45, 2.75) is 43.1 Å². The summed E-state index contributed by atoms with van der Waals surface area (Å²) in [5, 5.41) is 7.19. The standard InChI is InChI=1S/C20H20B3N7O2/c1-31-18-16-13(14-6-7-15-24-8-9-30(15)29-14)10-25-17(16)27-19(28-18)26-11-2-4-12(5-3-11)32-20(21,22)23/h6-12H,2-5H2,1H3,(H2,25,26,27,28). The molecule has 156 valence electrons. The molecule has 1 saturated carbocycles. The minimum atomic E-state index is -1.60. The van der Waals surface area contributed by atoms with Crippen molar-refractivity contribution in [3.8, 4) is 17.1 Å². The lowest BCUT2D eigenvalue weighted by Crippen LogP contribution is -2.41. The quantitative estimate of drug-likeness (QED) is 0.454. The summed E-state index contributed by atoms with van der Waals surface area (Å²) >= 11 is 0. The molecule has 5 rings (SSSR count). The number of ether oxygens (including phenoxy) is 2. The van der Waals surface area contributed by atoms with Crippen LogP contribution in [0.3, 0.4) is 0 Å². The van der Waals surface area contributed by atoms with Gasteiger partial charge in [0.25, 0.3) is 0 Å². The summed E-state index contributed by atoms with van der Waals surface area (Å²) in [5.41, 5.74) is 3.06. The first-order chi connectivity index (χ1) is 15.4. The second kappa shape index (κ2) is 8.16. The smallest absolute Gasteiger partial charge is 0.228 e. The lowest BCUT2D eigenvalue weighted by Gasteiger charge is -2.34. The molecule has 0 spiro atoms. The highest BCUT2D eigenvalue weighted by Gasteiger charge is 2.26. The van der Waals surface area contributed by atoms with E-state index in [0.717, 1.165) is 48.0 Å². The summed E-state index contributed by atoms with van der Waals surface area (Å²) in [6.45, 7) is 0. The molecule has 0 unspecified atom stereocenters. The van der Waals surface area contributed by atoms with Crippen LogP contribution < -0.4 is 10.1 Å². The Morgan fingerprint density at radius 3 is 2.72 bits per heavy atom. The second-order valence-corrected chi connectivity index (χ2v) is 8.02. The van der Waals surface area contributed by atoms with Gasteiger partial charge in [0.2, 0.25) is 11.8 Å². The number of aromatic nitrogens is 6. The zero-order valence-electron chi connectivity index (χ0n) is 17.7. The summed E-state index contributed by atoms with van der Waals surface area (Å²) in [7, 11) is 18.2. The average molecular weight is 423 g/mol. The molecule has 0 aromatic carbocycles. The molecular formula is C20H20B3N7O2. The average Bonchev–Trinajstić information content (AvgIpc) is 3.40. The first kappa shape index (κ1) is 20.9. The van der Waals surface area contributed by atoms with Gasteiger partial charge in [-0.3, -0.25) is 0 Å². The zero-order valence-corrected chi connectivity index (χ0v) is 17.7. The summed E-state index contributed by atoms with van der Waals surface area (Å²) < 4.78 is 12.8. The highest BCUT2D eigenvalue weighted by molar-refractivity contribution is 6.58. The fraction of sp³-hybridized carbons (Fsp3) is 0.400. The van der Waals surface area contributed by atoms with E-state index in [9.17, 15) is 0 Å². The van der Waals surface area contributed by atoms with Crippen molar-refractivity contribution in [2.24, 2.45) is 0 Å². The Labute approximate surface area is 188 Å². The number of hydrogen-bond donors (Lipinski definition) is 2. The number of hydrogen-bond acceptors (Lipinski definition) is 7. The minimum Gasteiger partial charge on any atom is -0.480 e. The van der Waals surface area contributed by atoms with Crippen molar-refractivity contribution in [3.05, 3.63) is 30.7 Å². The Kier molecular flexibility index (Phi) is 5.32. The molecule has 32 heavy (non-hydrogen) atoms. The van der Waals surface area contributed by atoms with E-state index in [-0.39, 0.29) is 12.1 Å². The zero-order chi connectivity index (χ0) is 22.3. The second-order valence-electron chi connectivity index (χ2n) is 8.02. The van der Waals surface area contributed by atoms with Crippen LogP contribution in [0.25, 0.3) is 27.9 Å². The monoisotopic (exact) mass is 423 g/mol. The number of H-pyrrole nitrogens is 1. The molecule has 12 heteroatoms. The molecule has 4 aromatic rings. The van der Waals surface area contributed by atoms with E-state index in [2.05, 4.69) is 30.4 Å². The van der Waals surface area contributed by atoms with Crippen LogP contribution in [0.15, 0.2) is 30.7 Å². The van der Waals surface area contributed by atoms with Gasteiger partial charge in [0, 0.05) is 30.2 Å². The van der Waals surface area contributed by atoms with E-state index in [1.807, 2.05) is 18.3 Å². The highest BCUT2D eigenvalue weighted by Crippen LogP contribution is 2.34. The number of anilines is 1. The predicted molar refractivity (Wildman–Crippen MR) is 123 cm³/mol. The van der Waals surface area contributed by atoms with E-state index in [0.29, 0.717) is 17.5 Å². The largest absolute Gasteiger partial charge is 0.480 e. The van der Waals surface area contributed by atoms with Crippen molar-refractivity contribution in [2.75, 3.05) is 12.4 Å². The first-order valence-electron chi connectivity index (χ1n) is 10.4. The van der Waals surface area contributed by atoms with Crippen LogP contribution in [-0.4, -0.2) is 77.6 Å². The van der Waals surface area contributed by atoms with Crippen molar-refractivity contribution >= 4 is 46.2 Å². The number of methoxy groups -OCH3 is 1. The van der Waals surface area contributed by atoms with E-state index in [1.54, 1.807) is 24.0 Å². The predicted octanol–water partition coefficient (Wildman–Crippen LogP) is 1.53. The number of fused-ring (bicyclic) bond motifs is 2. The molecule has 4 heterocycles. The number of aromatic amines is 1. The van der Waals surface area contributed by atoms with Gasteiger partial charge in [-0.05, 0) is 43.1 Å². The van der Waals surface area contributed by atoms with Crippen LogP contribution in [-0.2, 0) is 4.74 Å². The molecule has 0 saturated heterocycles. The third-order valence-corrected chi connectivity index (χ3v) is 5.60. The van der Waals surface area contributed by atoms with Gasteiger partial charge in [-0.2, -0.15) is 15.1 Å². The molecule has 1 aliphatic rings. The van der Waals surface area contributed by atoms with Gasteiger partial charge in [-0.15, -0.1) is 0 Å². The van der Waals surface area contributed by atoms with E-state index >= 15 is 0 Å². The molecule has 0 bridgehead atoms. The van der Waals surface area contributed by atoms with Gasteiger partial charge in [0.15, 0.2) is 5.65 Å². The SMILES string of the molecule is [B]C([B])([B])OC1CCC(Nc2nc(OC)c3c(-c4ccc5nccn5n4)c[nH]c3n2)CC1. The maximum absolute atomic E-state index is 5.60. The van der Waals surface area contributed by atoms with Crippen LogP contribution in [0.4, 0.5) is 5.95 Å². The maximum atomic E-state index is 5.60. The molecule has 0 atom stereocenters. The number of nitrogens with zero attached hydrogens (tertiary/aromatic N) is 5. The molecule has 1 aliphatic carbocycles. The summed E-state index contributed by atoms with van der Waals surface area (Å²) in [5.74, 6) is 0.966. The van der Waals surface area contributed by atoms with Gasteiger partial charge < -0.3 is 19.8 Å². The number of imidazole rings is 1. The van der Waals surface area contributed by atoms with Crippen LogP contribution in [0.5, 0.6) is 5.88 Å². The highest BCUT2D eigenvalue weighted by atomic mass is 16.5. The van der Waals surface area contributed by atoms with Gasteiger partial charge in [0.1, 0.15) is 5.65 Å². The van der Waals surface area contributed by atoms with Crippen LogP contribution in [0.1, 0.15) is 25.7 Å². The molecule has 2 N–H and O–H groups in total. The Morgan fingerprint density at radius 1 is 1.16 bits per heavy atom. The summed E-state index contributed by atoms with van der Waals surface area (Å²) in [6.07, 6.45) is 8.61. The Morgan fingerprint density at radius 2 is 1.97 bits per heavy atom. The molecule has 1 fully saturated rings. The van der Waals surface area contributed by atoms with Gasteiger partial charge in [0.05, 0.1) is 47.8 Å². The van der Waals surface area contributed by atoms with Gasteiger partial charge in [-0.25, -0.2) is 9.50 Å². The Bertz CT molecular complexity index is 1250.